The van der Waals surface area contributed by atoms with Crippen LogP contribution in [0, 0.1) is 11.8 Å². The van der Waals surface area contributed by atoms with Gasteiger partial charge in [0.2, 0.25) is 0 Å². The maximum atomic E-state index is 5.95. The first-order chi connectivity index (χ1) is 12.6. The Morgan fingerprint density at radius 3 is 2.73 bits per heavy atom. The molecule has 3 rings (SSSR count). The maximum absolute atomic E-state index is 5.95. The summed E-state index contributed by atoms with van der Waals surface area (Å²) in [7, 11) is 0. The van der Waals surface area contributed by atoms with Crippen LogP contribution in [0.1, 0.15) is 40.0 Å². The molecular formula is C20H39N5O. The van der Waals surface area contributed by atoms with Gasteiger partial charge in [0.1, 0.15) is 0 Å². The number of aliphatic imine (C=N–C) groups is 1. The fourth-order valence-corrected chi connectivity index (χ4v) is 4.14. The summed E-state index contributed by atoms with van der Waals surface area (Å²) >= 11 is 0. The highest BCUT2D eigenvalue weighted by Gasteiger charge is 2.34. The summed E-state index contributed by atoms with van der Waals surface area (Å²) in [5.74, 6) is 2.38. The van der Waals surface area contributed by atoms with Crippen LogP contribution in [0.25, 0.3) is 0 Å². The van der Waals surface area contributed by atoms with E-state index in [0.717, 1.165) is 63.8 Å². The fraction of sp³-hybridized carbons (Fsp3) is 0.950. The number of nitrogens with zero attached hydrogens (tertiary/aromatic N) is 3. The molecule has 0 radical (unpaired) electrons. The molecule has 3 aliphatic rings. The quantitative estimate of drug-likeness (QED) is 0.503. The van der Waals surface area contributed by atoms with E-state index in [0.29, 0.717) is 5.92 Å². The lowest BCUT2D eigenvalue weighted by Gasteiger charge is -2.34. The van der Waals surface area contributed by atoms with Gasteiger partial charge in [0, 0.05) is 51.9 Å². The van der Waals surface area contributed by atoms with Gasteiger partial charge in [-0.2, -0.15) is 0 Å². The first kappa shape index (κ1) is 19.9. The van der Waals surface area contributed by atoms with Crippen LogP contribution in [0.3, 0.4) is 0 Å². The minimum absolute atomic E-state index is 0.253. The van der Waals surface area contributed by atoms with Crippen molar-refractivity contribution in [3.05, 3.63) is 0 Å². The molecule has 0 spiro atoms. The summed E-state index contributed by atoms with van der Waals surface area (Å²) in [6.07, 6.45) is 4.38. The lowest BCUT2D eigenvalue weighted by atomic mass is 10.1. The van der Waals surface area contributed by atoms with Crippen molar-refractivity contribution in [1.82, 2.24) is 20.4 Å². The molecule has 2 saturated heterocycles. The molecule has 0 amide bonds. The summed E-state index contributed by atoms with van der Waals surface area (Å²) in [6, 6.07) is 0.896. The van der Waals surface area contributed by atoms with E-state index < -0.39 is 0 Å². The summed E-state index contributed by atoms with van der Waals surface area (Å²) in [4.78, 5) is 10.0. The molecule has 2 N–H and O–H groups in total. The fourth-order valence-electron chi connectivity index (χ4n) is 4.14. The molecule has 150 valence electrons. The molecule has 0 aromatic heterocycles. The number of likely N-dealkylation sites (tertiary alicyclic amines) is 1. The molecule has 2 heterocycles. The lowest BCUT2D eigenvalue weighted by molar-refractivity contribution is -0.0284. The van der Waals surface area contributed by atoms with Crippen LogP contribution >= 0.6 is 0 Å². The zero-order chi connectivity index (χ0) is 18.4. The summed E-state index contributed by atoms with van der Waals surface area (Å²) in [5, 5.41) is 6.90. The molecule has 0 aromatic carbocycles. The second kappa shape index (κ2) is 9.90. The molecule has 2 unspecified atom stereocenters. The van der Waals surface area contributed by atoms with Gasteiger partial charge >= 0.3 is 0 Å². The normalized spacial score (nSPS) is 28.7. The monoisotopic (exact) mass is 365 g/mol. The molecule has 2 aliphatic heterocycles. The molecule has 0 bridgehead atoms. The Hall–Kier alpha value is -0.850. The largest absolute Gasteiger partial charge is 0.374 e. The van der Waals surface area contributed by atoms with E-state index in [2.05, 4.69) is 41.2 Å². The Morgan fingerprint density at radius 2 is 2.00 bits per heavy atom. The number of rotatable bonds is 8. The van der Waals surface area contributed by atoms with Crippen molar-refractivity contribution in [3.8, 4) is 0 Å². The van der Waals surface area contributed by atoms with Crippen molar-refractivity contribution in [2.75, 3.05) is 59.0 Å². The summed E-state index contributed by atoms with van der Waals surface area (Å²) in [5.41, 5.74) is 0. The predicted molar refractivity (Wildman–Crippen MR) is 108 cm³/mol. The van der Waals surface area contributed by atoms with Gasteiger partial charge < -0.3 is 20.3 Å². The van der Waals surface area contributed by atoms with Crippen LogP contribution in [0.4, 0.5) is 0 Å². The van der Waals surface area contributed by atoms with Crippen LogP contribution in [0.15, 0.2) is 4.99 Å². The molecule has 1 saturated carbocycles. The van der Waals surface area contributed by atoms with E-state index in [-0.39, 0.29) is 6.10 Å². The smallest absolute Gasteiger partial charge is 0.191 e. The average Bonchev–Trinajstić information content (AvgIpc) is 3.36. The van der Waals surface area contributed by atoms with Gasteiger partial charge in [-0.25, -0.2) is 0 Å². The topological polar surface area (TPSA) is 52.1 Å². The van der Waals surface area contributed by atoms with Gasteiger partial charge in [-0.05, 0) is 44.6 Å². The second-order valence-corrected chi connectivity index (χ2v) is 8.63. The Balaban J connectivity index is 1.41. The Bertz CT molecular complexity index is 451. The van der Waals surface area contributed by atoms with E-state index in [4.69, 9.17) is 9.73 Å². The lowest BCUT2D eigenvalue weighted by Crippen LogP contribution is -2.50. The van der Waals surface area contributed by atoms with E-state index in [9.17, 15) is 0 Å². The van der Waals surface area contributed by atoms with Crippen LogP contribution < -0.4 is 10.6 Å². The zero-order valence-electron chi connectivity index (χ0n) is 17.0. The molecule has 6 heteroatoms. The third-order valence-electron chi connectivity index (χ3n) is 5.58. The van der Waals surface area contributed by atoms with Crippen LogP contribution in [-0.4, -0.2) is 86.9 Å². The van der Waals surface area contributed by atoms with Gasteiger partial charge in [0.25, 0.3) is 0 Å². The van der Waals surface area contributed by atoms with E-state index in [1.165, 1.54) is 32.4 Å². The van der Waals surface area contributed by atoms with Crippen molar-refractivity contribution in [3.63, 3.8) is 0 Å². The maximum Gasteiger partial charge on any atom is 0.191 e. The molecule has 0 aromatic rings. The number of hydrogen-bond donors (Lipinski definition) is 2. The summed E-state index contributed by atoms with van der Waals surface area (Å²) < 4.78 is 5.95. The number of guanidine groups is 1. The molecule has 1 aliphatic carbocycles. The third kappa shape index (κ3) is 6.39. The first-order valence-electron chi connectivity index (χ1n) is 10.7. The molecular weight excluding hydrogens is 326 g/mol. The Morgan fingerprint density at radius 1 is 1.15 bits per heavy atom. The van der Waals surface area contributed by atoms with Crippen LogP contribution in [0.5, 0.6) is 0 Å². The minimum Gasteiger partial charge on any atom is -0.374 e. The van der Waals surface area contributed by atoms with Crippen molar-refractivity contribution >= 4 is 5.96 Å². The Kier molecular flexibility index (Phi) is 7.58. The van der Waals surface area contributed by atoms with Gasteiger partial charge in [0.05, 0.1) is 12.7 Å². The van der Waals surface area contributed by atoms with Crippen LogP contribution in [0.2, 0.25) is 0 Å². The van der Waals surface area contributed by atoms with Crippen molar-refractivity contribution in [1.29, 1.82) is 0 Å². The zero-order valence-corrected chi connectivity index (χ0v) is 17.0. The number of morpholine rings is 1. The predicted octanol–water partition coefficient (Wildman–Crippen LogP) is 1.38. The molecule has 26 heavy (non-hydrogen) atoms. The van der Waals surface area contributed by atoms with Gasteiger partial charge in [0.15, 0.2) is 5.96 Å². The van der Waals surface area contributed by atoms with Crippen LogP contribution in [-0.2, 0) is 4.74 Å². The third-order valence-corrected chi connectivity index (χ3v) is 5.58. The average molecular weight is 366 g/mol. The standard InChI is InChI=1S/C20H39N5O/c1-4-21-20(22-11-17-7-8-25(14-17)18-5-6-18)23-12-19-15-24(9-10-26-19)13-16(2)3/h16-19H,4-15H2,1-3H3,(H2,21,22,23). The number of nitrogens with one attached hydrogen (secondary N) is 2. The van der Waals surface area contributed by atoms with Gasteiger partial charge in [-0.1, -0.05) is 13.8 Å². The van der Waals surface area contributed by atoms with Crippen molar-refractivity contribution in [2.24, 2.45) is 16.8 Å². The minimum atomic E-state index is 0.253. The highest BCUT2D eigenvalue weighted by molar-refractivity contribution is 5.79. The van der Waals surface area contributed by atoms with E-state index in [1.54, 1.807) is 0 Å². The first-order valence-corrected chi connectivity index (χ1v) is 10.7. The molecule has 2 atom stereocenters. The second-order valence-electron chi connectivity index (χ2n) is 8.63. The number of ether oxygens (including phenoxy) is 1. The van der Waals surface area contributed by atoms with E-state index in [1.807, 2.05) is 0 Å². The van der Waals surface area contributed by atoms with E-state index >= 15 is 0 Å². The SMILES string of the molecule is CCNC(=NCC1CCN(C2CC2)C1)NCC1CN(CC(C)C)CCO1. The van der Waals surface area contributed by atoms with Gasteiger partial charge in [-0.15, -0.1) is 0 Å². The highest BCUT2D eigenvalue weighted by atomic mass is 16.5. The Labute approximate surface area is 159 Å². The van der Waals surface area contributed by atoms with Crippen molar-refractivity contribution < 1.29 is 4.74 Å². The van der Waals surface area contributed by atoms with Crippen molar-refractivity contribution in [2.45, 2.75) is 52.2 Å². The number of hydrogen-bond acceptors (Lipinski definition) is 4. The highest BCUT2D eigenvalue weighted by Crippen LogP contribution is 2.31. The molecule has 6 nitrogen and oxygen atoms in total. The molecule has 3 fully saturated rings. The van der Waals surface area contributed by atoms with Gasteiger partial charge in [-0.3, -0.25) is 9.89 Å². The summed E-state index contributed by atoms with van der Waals surface area (Å²) in [6.45, 7) is 15.9.